The van der Waals surface area contributed by atoms with E-state index in [1.807, 2.05) is 24.3 Å². The fraction of sp³-hybridized carbons (Fsp3) is 0. The maximum atomic E-state index is 4.48. The van der Waals surface area contributed by atoms with Crippen molar-refractivity contribution >= 4 is 11.3 Å². The number of hydrogen-bond acceptors (Lipinski definition) is 5. The summed E-state index contributed by atoms with van der Waals surface area (Å²) in [6.07, 6.45) is 5.26. The number of rotatable bonds is 2. The summed E-state index contributed by atoms with van der Waals surface area (Å²) in [4.78, 5) is 18.0. The first-order chi connectivity index (χ1) is 8.43. The zero-order valence-electron chi connectivity index (χ0n) is 8.82. The van der Waals surface area contributed by atoms with E-state index in [2.05, 4.69) is 19.9 Å². The Labute approximate surface area is 102 Å². The number of pyridine rings is 1. The minimum Gasteiger partial charge on any atom is -0.255 e. The van der Waals surface area contributed by atoms with Crippen LogP contribution in [0.25, 0.3) is 22.1 Å². The van der Waals surface area contributed by atoms with Gasteiger partial charge in [-0.1, -0.05) is 6.07 Å². The average molecular weight is 240 g/mol. The van der Waals surface area contributed by atoms with E-state index in [0.29, 0.717) is 5.82 Å². The average Bonchev–Trinajstić information content (AvgIpc) is 2.94. The molecular formula is C12H8N4S. The van der Waals surface area contributed by atoms with Gasteiger partial charge in [0.05, 0.1) is 21.8 Å². The maximum Gasteiger partial charge on any atom is 0.171 e. The molecule has 4 nitrogen and oxygen atoms in total. The third-order valence-corrected chi connectivity index (χ3v) is 3.00. The SMILES string of the molecule is c1ccc(-c2ccnc(-c3cncs3)n2)nc1. The van der Waals surface area contributed by atoms with Crippen LogP contribution in [0.4, 0.5) is 0 Å². The standard InChI is InChI=1S/C12H8N4S/c1-2-5-14-9(3-1)10-4-6-15-12(16-10)11-7-13-8-17-11/h1-8H. The molecule has 0 atom stereocenters. The van der Waals surface area contributed by atoms with Crippen molar-refractivity contribution in [1.82, 2.24) is 19.9 Å². The molecule has 0 unspecified atom stereocenters. The van der Waals surface area contributed by atoms with E-state index < -0.39 is 0 Å². The highest BCUT2D eigenvalue weighted by atomic mass is 32.1. The zero-order chi connectivity index (χ0) is 11.5. The molecule has 82 valence electrons. The predicted molar refractivity (Wildman–Crippen MR) is 66.4 cm³/mol. The van der Waals surface area contributed by atoms with Gasteiger partial charge in [-0.05, 0) is 18.2 Å². The van der Waals surface area contributed by atoms with Crippen molar-refractivity contribution in [1.29, 1.82) is 0 Å². The van der Waals surface area contributed by atoms with Crippen LogP contribution in [0, 0.1) is 0 Å². The Morgan fingerprint density at radius 3 is 2.71 bits per heavy atom. The molecule has 3 aromatic rings. The summed E-state index contributed by atoms with van der Waals surface area (Å²) >= 11 is 1.52. The molecule has 0 saturated carbocycles. The topological polar surface area (TPSA) is 51.6 Å². The van der Waals surface area contributed by atoms with Crippen LogP contribution in [0.15, 0.2) is 48.4 Å². The summed E-state index contributed by atoms with van der Waals surface area (Å²) < 4.78 is 0. The Bertz CT molecular complexity index is 607. The van der Waals surface area contributed by atoms with E-state index in [9.17, 15) is 0 Å². The number of aromatic nitrogens is 4. The minimum absolute atomic E-state index is 0.690. The van der Waals surface area contributed by atoms with E-state index >= 15 is 0 Å². The molecule has 0 aliphatic rings. The molecule has 5 heteroatoms. The lowest BCUT2D eigenvalue weighted by molar-refractivity contribution is 1.16. The quantitative estimate of drug-likeness (QED) is 0.691. The molecule has 0 radical (unpaired) electrons. The van der Waals surface area contributed by atoms with Gasteiger partial charge in [-0.2, -0.15) is 0 Å². The second-order valence-electron chi connectivity index (χ2n) is 3.35. The van der Waals surface area contributed by atoms with Gasteiger partial charge < -0.3 is 0 Å². The van der Waals surface area contributed by atoms with Gasteiger partial charge in [0.15, 0.2) is 5.82 Å². The first-order valence-corrected chi connectivity index (χ1v) is 5.95. The summed E-state index contributed by atoms with van der Waals surface area (Å²) in [6, 6.07) is 7.61. The van der Waals surface area contributed by atoms with Gasteiger partial charge in [-0.15, -0.1) is 11.3 Å². The first kappa shape index (κ1) is 10.0. The molecule has 0 amide bonds. The predicted octanol–water partition coefficient (Wildman–Crippen LogP) is 2.66. The monoisotopic (exact) mass is 240 g/mol. The number of thiazole rings is 1. The van der Waals surface area contributed by atoms with Crippen molar-refractivity contribution in [3.05, 3.63) is 48.4 Å². The van der Waals surface area contributed by atoms with Gasteiger partial charge in [-0.25, -0.2) is 9.97 Å². The second-order valence-corrected chi connectivity index (χ2v) is 4.23. The lowest BCUT2D eigenvalue weighted by atomic mass is 10.2. The van der Waals surface area contributed by atoms with Crippen molar-refractivity contribution < 1.29 is 0 Å². The van der Waals surface area contributed by atoms with E-state index in [-0.39, 0.29) is 0 Å². The van der Waals surface area contributed by atoms with Crippen molar-refractivity contribution in [2.24, 2.45) is 0 Å². The van der Waals surface area contributed by atoms with E-state index in [4.69, 9.17) is 0 Å². The lowest BCUT2D eigenvalue weighted by Crippen LogP contribution is -1.91. The third-order valence-electron chi connectivity index (χ3n) is 2.24. The lowest BCUT2D eigenvalue weighted by Gasteiger charge is -2.00. The Balaban J connectivity index is 2.06. The first-order valence-electron chi connectivity index (χ1n) is 5.07. The largest absolute Gasteiger partial charge is 0.255 e. The van der Waals surface area contributed by atoms with Gasteiger partial charge in [-0.3, -0.25) is 9.97 Å². The number of hydrogen-bond donors (Lipinski definition) is 0. The van der Waals surface area contributed by atoms with Crippen molar-refractivity contribution in [3.8, 4) is 22.1 Å². The summed E-state index contributed by atoms with van der Waals surface area (Å²) in [5, 5.41) is 0. The van der Waals surface area contributed by atoms with Crippen LogP contribution in [0.1, 0.15) is 0 Å². The third kappa shape index (κ3) is 2.05. The second kappa shape index (κ2) is 4.39. The fourth-order valence-electron chi connectivity index (χ4n) is 1.46. The summed E-state index contributed by atoms with van der Waals surface area (Å²) in [5.41, 5.74) is 3.44. The molecule has 0 saturated heterocycles. The summed E-state index contributed by atoms with van der Waals surface area (Å²) in [5.74, 6) is 0.690. The summed E-state index contributed by atoms with van der Waals surface area (Å²) in [6.45, 7) is 0. The molecule has 3 aromatic heterocycles. The molecule has 3 rings (SSSR count). The molecule has 0 N–H and O–H groups in total. The maximum absolute atomic E-state index is 4.48. The van der Waals surface area contributed by atoms with Crippen molar-refractivity contribution in [3.63, 3.8) is 0 Å². The van der Waals surface area contributed by atoms with Crippen molar-refractivity contribution in [2.45, 2.75) is 0 Å². The Kier molecular flexibility index (Phi) is 2.59. The fourth-order valence-corrected chi connectivity index (χ4v) is 2.02. The number of nitrogens with zero attached hydrogens (tertiary/aromatic N) is 4. The van der Waals surface area contributed by atoms with Crippen LogP contribution in [-0.4, -0.2) is 19.9 Å². The van der Waals surface area contributed by atoms with Crippen LogP contribution in [-0.2, 0) is 0 Å². The van der Waals surface area contributed by atoms with Gasteiger partial charge in [0.25, 0.3) is 0 Å². The Morgan fingerprint density at radius 2 is 1.94 bits per heavy atom. The van der Waals surface area contributed by atoms with E-state index in [1.165, 1.54) is 11.3 Å². The van der Waals surface area contributed by atoms with Gasteiger partial charge in [0, 0.05) is 18.6 Å². The smallest absolute Gasteiger partial charge is 0.171 e. The molecule has 0 aromatic carbocycles. The van der Waals surface area contributed by atoms with Crippen LogP contribution in [0.3, 0.4) is 0 Å². The molecule has 0 bridgehead atoms. The Hall–Kier alpha value is -2.14. The van der Waals surface area contributed by atoms with Crippen LogP contribution in [0.2, 0.25) is 0 Å². The highest BCUT2D eigenvalue weighted by Crippen LogP contribution is 2.21. The van der Waals surface area contributed by atoms with Gasteiger partial charge in [0.2, 0.25) is 0 Å². The zero-order valence-corrected chi connectivity index (χ0v) is 9.63. The van der Waals surface area contributed by atoms with E-state index in [0.717, 1.165) is 16.3 Å². The molecule has 0 fully saturated rings. The molecule has 17 heavy (non-hydrogen) atoms. The molecule has 0 aliphatic heterocycles. The van der Waals surface area contributed by atoms with Crippen molar-refractivity contribution in [2.75, 3.05) is 0 Å². The highest BCUT2D eigenvalue weighted by Gasteiger charge is 2.05. The highest BCUT2D eigenvalue weighted by molar-refractivity contribution is 7.13. The Morgan fingerprint density at radius 1 is 0.941 bits per heavy atom. The van der Waals surface area contributed by atoms with Crippen LogP contribution >= 0.6 is 11.3 Å². The van der Waals surface area contributed by atoms with Crippen LogP contribution in [0.5, 0.6) is 0 Å². The molecular weight excluding hydrogens is 232 g/mol. The van der Waals surface area contributed by atoms with Gasteiger partial charge >= 0.3 is 0 Å². The molecule has 0 spiro atoms. The van der Waals surface area contributed by atoms with E-state index in [1.54, 1.807) is 24.1 Å². The molecule has 0 aliphatic carbocycles. The molecule has 3 heterocycles. The normalized spacial score (nSPS) is 10.4. The van der Waals surface area contributed by atoms with Crippen LogP contribution < -0.4 is 0 Å². The minimum atomic E-state index is 0.690. The van der Waals surface area contributed by atoms with Gasteiger partial charge in [0.1, 0.15) is 0 Å². The summed E-state index contributed by atoms with van der Waals surface area (Å²) in [7, 11) is 0.